The van der Waals surface area contributed by atoms with E-state index < -0.39 is 23.1 Å². The van der Waals surface area contributed by atoms with Crippen molar-refractivity contribution in [3.63, 3.8) is 0 Å². The van der Waals surface area contributed by atoms with Crippen molar-refractivity contribution in [2.45, 2.75) is 81.9 Å². The quantitative estimate of drug-likeness (QED) is 0.377. The zero-order chi connectivity index (χ0) is 28.4. The molecule has 3 aromatic rings. The van der Waals surface area contributed by atoms with Gasteiger partial charge in [-0.05, 0) is 105 Å². The van der Waals surface area contributed by atoms with Crippen molar-refractivity contribution in [1.29, 1.82) is 0 Å². The first kappa shape index (κ1) is 26.7. The fraction of sp³-hybridized carbons (Fsp3) is 0.529. The molecule has 2 aromatic carbocycles. The minimum Gasteiger partial charge on any atom is -0.445 e. The van der Waals surface area contributed by atoms with Crippen LogP contribution in [0.1, 0.15) is 68.6 Å². The van der Waals surface area contributed by atoms with Gasteiger partial charge in [-0.15, -0.1) is 0 Å². The van der Waals surface area contributed by atoms with Crippen LogP contribution in [0.3, 0.4) is 0 Å². The molecule has 0 spiro atoms. The largest absolute Gasteiger partial charge is 0.445 e. The molecule has 1 aromatic heterocycles. The Balaban J connectivity index is 1.19. The van der Waals surface area contributed by atoms with Gasteiger partial charge in [0.1, 0.15) is 6.10 Å². The van der Waals surface area contributed by atoms with Gasteiger partial charge < -0.3 is 21.2 Å². The summed E-state index contributed by atoms with van der Waals surface area (Å²) >= 11 is 0. The normalized spacial score (nSPS) is 31.4. The van der Waals surface area contributed by atoms with E-state index in [1.807, 2.05) is 48.7 Å². The van der Waals surface area contributed by atoms with Gasteiger partial charge in [0.25, 0.3) is 5.91 Å². The van der Waals surface area contributed by atoms with E-state index in [2.05, 4.69) is 11.1 Å². The number of aromatic nitrogens is 1. The molecule has 5 N–H and O–H groups in total. The second kappa shape index (κ2) is 9.99. The summed E-state index contributed by atoms with van der Waals surface area (Å²) in [5.74, 6) is 1.87. The Bertz CT molecular complexity index is 1450. The fourth-order valence-corrected chi connectivity index (χ4v) is 8.92. The molecule has 5 aliphatic carbocycles. The molecule has 1 heterocycles. The number of nitrogens with two attached hydrogens (primary N) is 2. The van der Waals surface area contributed by atoms with Crippen LogP contribution in [0.2, 0.25) is 0 Å². The second-order valence-corrected chi connectivity index (χ2v) is 13.8. The summed E-state index contributed by atoms with van der Waals surface area (Å²) in [5, 5.41) is 1.02. The molecule has 4 fully saturated rings. The molecular formula is C34H42N4O3. The number of ether oxygens (including phenoxy) is 1. The van der Waals surface area contributed by atoms with Gasteiger partial charge in [0, 0.05) is 23.5 Å². The number of amides is 2. The first-order valence-corrected chi connectivity index (χ1v) is 15.4. The third-order valence-corrected chi connectivity index (χ3v) is 10.6. The molecule has 1 unspecified atom stereocenters. The number of carbonyl (C=O) groups excluding carboxylic acids is 2. The highest BCUT2D eigenvalue weighted by atomic mass is 16.6. The number of carbonyl (C=O) groups is 2. The highest BCUT2D eigenvalue weighted by Gasteiger charge is 2.51. The second-order valence-electron chi connectivity index (χ2n) is 13.8. The van der Waals surface area contributed by atoms with E-state index in [0.29, 0.717) is 18.3 Å². The Morgan fingerprint density at radius 1 is 1.02 bits per heavy atom. The van der Waals surface area contributed by atoms with Crippen LogP contribution in [-0.4, -0.2) is 40.1 Å². The molecule has 4 saturated carbocycles. The van der Waals surface area contributed by atoms with Crippen molar-refractivity contribution >= 4 is 22.9 Å². The number of H-pyrrole nitrogens is 1. The fourth-order valence-electron chi connectivity index (χ4n) is 8.92. The molecule has 7 nitrogen and oxygen atoms in total. The summed E-state index contributed by atoms with van der Waals surface area (Å²) < 4.78 is 6.33. The van der Waals surface area contributed by atoms with Crippen molar-refractivity contribution in [2.24, 2.45) is 35.1 Å². The van der Waals surface area contributed by atoms with Gasteiger partial charge >= 0.3 is 6.09 Å². The molecule has 7 heteroatoms. The SMILES string of the molecule is C[C@@](N)(Cc1c[nH]c2ccccc12)C(=O)N(CC1(N)CCCc2ccccc21)C(=O)OC1C2CC3CC(C2)CC1C3. The molecule has 0 aliphatic heterocycles. The molecule has 0 saturated heterocycles. The van der Waals surface area contributed by atoms with E-state index in [0.717, 1.165) is 72.4 Å². The molecule has 0 radical (unpaired) electrons. The van der Waals surface area contributed by atoms with Gasteiger partial charge in [0.2, 0.25) is 0 Å². The zero-order valence-corrected chi connectivity index (χ0v) is 24.0. The molecule has 41 heavy (non-hydrogen) atoms. The van der Waals surface area contributed by atoms with Gasteiger partial charge in [-0.25, -0.2) is 9.69 Å². The number of para-hydroxylation sites is 1. The van der Waals surface area contributed by atoms with E-state index in [9.17, 15) is 9.59 Å². The van der Waals surface area contributed by atoms with Crippen LogP contribution in [0.15, 0.2) is 54.7 Å². The third-order valence-electron chi connectivity index (χ3n) is 10.6. The predicted octanol–water partition coefficient (Wildman–Crippen LogP) is 5.41. The molecular weight excluding hydrogens is 512 g/mol. The number of hydrogen-bond acceptors (Lipinski definition) is 5. The number of rotatable bonds is 6. The van der Waals surface area contributed by atoms with Gasteiger partial charge in [-0.1, -0.05) is 42.5 Å². The van der Waals surface area contributed by atoms with Gasteiger partial charge in [0.05, 0.1) is 17.6 Å². The summed E-state index contributed by atoms with van der Waals surface area (Å²) in [6, 6.07) is 16.1. The van der Waals surface area contributed by atoms with Crippen LogP contribution in [0, 0.1) is 23.7 Å². The minimum atomic E-state index is -1.33. The lowest BCUT2D eigenvalue weighted by molar-refractivity contribution is -0.139. The van der Waals surface area contributed by atoms with Crippen molar-refractivity contribution in [3.05, 3.63) is 71.4 Å². The maximum atomic E-state index is 14.4. The number of imide groups is 1. The number of hydrogen-bond donors (Lipinski definition) is 3. The predicted molar refractivity (Wildman–Crippen MR) is 159 cm³/mol. The van der Waals surface area contributed by atoms with Crippen LogP contribution in [0.4, 0.5) is 4.79 Å². The molecule has 2 atom stereocenters. The van der Waals surface area contributed by atoms with Gasteiger partial charge in [0.15, 0.2) is 0 Å². The van der Waals surface area contributed by atoms with E-state index in [1.54, 1.807) is 6.92 Å². The Morgan fingerprint density at radius 2 is 1.71 bits per heavy atom. The lowest BCUT2D eigenvalue weighted by Gasteiger charge is -2.53. The molecule has 4 bridgehead atoms. The topological polar surface area (TPSA) is 114 Å². The first-order valence-electron chi connectivity index (χ1n) is 15.4. The Morgan fingerprint density at radius 3 is 2.46 bits per heavy atom. The summed E-state index contributed by atoms with van der Waals surface area (Å²) in [4.78, 5) is 33.1. The number of fused-ring (bicyclic) bond motifs is 2. The number of nitrogens with zero attached hydrogens (tertiary/aromatic N) is 1. The molecule has 8 rings (SSSR count). The summed E-state index contributed by atoms with van der Waals surface area (Å²) in [7, 11) is 0. The van der Waals surface area contributed by atoms with Crippen molar-refractivity contribution in [3.8, 4) is 0 Å². The van der Waals surface area contributed by atoms with Crippen molar-refractivity contribution in [2.75, 3.05) is 6.54 Å². The maximum Gasteiger partial charge on any atom is 0.416 e. The standard InChI is InChI=1S/C34H42N4O3/c1-33(35,18-26-19-37-29-11-5-3-9-27(26)29)31(39)38(20-34(36)12-6-8-23-7-2-4-10-28(23)34)32(40)41-30-24-14-21-13-22(16-24)17-25(30)15-21/h2-5,7,9-11,19,21-22,24-25,30,37H,6,8,12-18,20,35-36H2,1H3/t21?,22?,24?,25?,30?,33-,34?/m1/s1. The summed E-state index contributed by atoms with van der Waals surface area (Å²) in [6.45, 7) is 1.77. The summed E-state index contributed by atoms with van der Waals surface area (Å²) in [6.07, 6.45) is 9.83. The Kier molecular flexibility index (Phi) is 6.51. The van der Waals surface area contributed by atoms with E-state index in [4.69, 9.17) is 16.2 Å². The van der Waals surface area contributed by atoms with Gasteiger partial charge in [-0.2, -0.15) is 0 Å². The highest BCUT2D eigenvalue weighted by molar-refractivity contribution is 5.98. The third kappa shape index (κ3) is 4.77. The monoisotopic (exact) mass is 554 g/mol. The molecule has 216 valence electrons. The highest BCUT2D eigenvalue weighted by Crippen LogP contribution is 2.54. The maximum absolute atomic E-state index is 14.4. The lowest BCUT2D eigenvalue weighted by atomic mass is 9.55. The van der Waals surface area contributed by atoms with Crippen LogP contribution in [-0.2, 0) is 27.9 Å². The van der Waals surface area contributed by atoms with E-state index in [-0.39, 0.29) is 19.1 Å². The van der Waals surface area contributed by atoms with Crippen LogP contribution >= 0.6 is 0 Å². The van der Waals surface area contributed by atoms with Gasteiger partial charge in [-0.3, -0.25) is 4.79 Å². The average Bonchev–Trinajstić information content (AvgIpc) is 3.35. The minimum absolute atomic E-state index is 0.0512. The van der Waals surface area contributed by atoms with Crippen LogP contribution in [0.25, 0.3) is 10.9 Å². The lowest BCUT2D eigenvalue weighted by Crippen LogP contribution is -2.61. The van der Waals surface area contributed by atoms with Crippen molar-refractivity contribution in [1.82, 2.24) is 9.88 Å². The number of aryl methyl sites for hydroxylation is 1. The zero-order valence-electron chi connectivity index (χ0n) is 24.0. The smallest absolute Gasteiger partial charge is 0.416 e. The Labute approximate surface area is 242 Å². The van der Waals surface area contributed by atoms with E-state index >= 15 is 0 Å². The van der Waals surface area contributed by atoms with E-state index in [1.165, 1.54) is 16.9 Å². The molecule has 2 amide bonds. The van der Waals surface area contributed by atoms with Crippen LogP contribution < -0.4 is 11.5 Å². The van der Waals surface area contributed by atoms with Crippen molar-refractivity contribution < 1.29 is 14.3 Å². The number of nitrogens with one attached hydrogen (secondary N) is 1. The first-order chi connectivity index (χ1) is 19.7. The van der Waals surface area contributed by atoms with Crippen LogP contribution in [0.5, 0.6) is 0 Å². The summed E-state index contributed by atoms with van der Waals surface area (Å²) in [5.41, 5.74) is 15.8. The number of benzene rings is 2. The molecule has 5 aliphatic rings. The Hall–Kier alpha value is -3.16. The average molecular weight is 555 g/mol. The number of aromatic amines is 1.